The lowest BCUT2D eigenvalue weighted by Crippen LogP contribution is -2.38. The van der Waals surface area contributed by atoms with Gasteiger partial charge in [0.1, 0.15) is 0 Å². The molecule has 2 aromatic rings. The Hall–Kier alpha value is -1.95. The zero-order valence-corrected chi connectivity index (χ0v) is 13.7. The van der Waals surface area contributed by atoms with Crippen LogP contribution in [0.1, 0.15) is 57.8 Å². The van der Waals surface area contributed by atoms with Crippen molar-refractivity contribution in [1.29, 1.82) is 0 Å². The van der Waals surface area contributed by atoms with Crippen molar-refractivity contribution in [2.45, 2.75) is 57.6 Å². The number of nitrogens with zero attached hydrogens (tertiary/aromatic N) is 3. The summed E-state index contributed by atoms with van der Waals surface area (Å²) in [6.07, 6.45) is 5.46. The minimum atomic E-state index is -0.835. The van der Waals surface area contributed by atoms with E-state index in [1.807, 2.05) is 42.6 Å². The van der Waals surface area contributed by atoms with Crippen LogP contribution in [0.3, 0.4) is 0 Å². The van der Waals surface area contributed by atoms with Gasteiger partial charge in [-0.05, 0) is 30.9 Å². The number of hydrogen-bond donors (Lipinski definition) is 2. The fraction of sp³-hybridized carbons (Fsp3) is 0.588. The molecule has 0 saturated heterocycles. The minimum absolute atomic E-state index is 0.124. The Morgan fingerprint density at radius 1 is 1.35 bits per heavy atom. The van der Waals surface area contributed by atoms with Gasteiger partial charge in [0.25, 0.3) is 0 Å². The maximum absolute atomic E-state index is 12.4. The smallest absolute Gasteiger partial charge is 0.223 e. The van der Waals surface area contributed by atoms with Crippen LogP contribution < -0.4 is 5.32 Å². The van der Waals surface area contributed by atoms with Crippen molar-refractivity contribution >= 4 is 11.6 Å². The third-order valence-corrected chi connectivity index (χ3v) is 4.63. The van der Waals surface area contributed by atoms with Gasteiger partial charge in [-0.2, -0.15) is 0 Å². The second-order valence-electron chi connectivity index (χ2n) is 6.88. The van der Waals surface area contributed by atoms with Crippen molar-refractivity contribution in [2.75, 3.05) is 0 Å². The first-order chi connectivity index (χ1) is 11.0. The van der Waals surface area contributed by atoms with Crippen LogP contribution in [0.2, 0.25) is 0 Å². The Balaban J connectivity index is 1.78. The Morgan fingerprint density at radius 2 is 2.09 bits per heavy atom. The normalized spacial score (nSPS) is 18.4. The van der Waals surface area contributed by atoms with Crippen LogP contribution in [-0.4, -0.2) is 31.2 Å². The van der Waals surface area contributed by atoms with Gasteiger partial charge in [-0.25, -0.2) is 0 Å². The number of rotatable bonds is 5. The molecule has 0 aliphatic heterocycles. The molecule has 1 unspecified atom stereocenters. The second kappa shape index (κ2) is 6.28. The molecule has 1 amide bonds. The fourth-order valence-electron chi connectivity index (χ4n) is 3.33. The van der Waals surface area contributed by atoms with E-state index in [9.17, 15) is 9.90 Å². The van der Waals surface area contributed by atoms with Gasteiger partial charge in [-0.1, -0.05) is 32.8 Å². The number of aromatic nitrogens is 3. The van der Waals surface area contributed by atoms with Crippen molar-refractivity contribution in [3.63, 3.8) is 0 Å². The number of carbonyl (C=O) groups is 1. The van der Waals surface area contributed by atoms with Crippen molar-refractivity contribution in [3.05, 3.63) is 30.2 Å². The summed E-state index contributed by atoms with van der Waals surface area (Å²) < 4.78 is 1.90. The van der Waals surface area contributed by atoms with Crippen molar-refractivity contribution in [3.8, 4) is 0 Å². The van der Waals surface area contributed by atoms with E-state index in [1.54, 1.807) is 0 Å². The summed E-state index contributed by atoms with van der Waals surface area (Å²) in [6, 6.07) is 5.48. The average molecular weight is 316 g/mol. The highest BCUT2D eigenvalue weighted by molar-refractivity contribution is 5.77. The molecule has 0 spiro atoms. The van der Waals surface area contributed by atoms with Crippen molar-refractivity contribution in [1.82, 2.24) is 19.9 Å². The summed E-state index contributed by atoms with van der Waals surface area (Å²) >= 11 is 0. The second-order valence-corrected chi connectivity index (χ2v) is 6.88. The van der Waals surface area contributed by atoms with Crippen molar-refractivity contribution < 1.29 is 9.90 Å². The summed E-state index contributed by atoms with van der Waals surface area (Å²) in [4.78, 5) is 12.4. The summed E-state index contributed by atoms with van der Waals surface area (Å²) in [5.74, 6) is 0.771. The average Bonchev–Trinajstić information content (AvgIpc) is 3.11. The van der Waals surface area contributed by atoms with Crippen molar-refractivity contribution in [2.24, 2.45) is 5.92 Å². The summed E-state index contributed by atoms with van der Waals surface area (Å²) in [5.41, 5.74) is -0.0739. The predicted molar refractivity (Wildman–Crippen MR) is 86.7 cm³/mol. The van der Waals surface area contributed by atoms with Crippen LogP contribution in [0.25, 0.3) is 5.65 Å². The van der Waals surface area contributed by atoms with Gasteiger partial charge in [-0.15, -0.1) is 10.2 Å². The lowest BCUT2D eigenvalue weighted by atomic mass is 9.96. The third kappa shape index (κ3) is 3.37. The van der Waals surface area contributed by atoms with E-state index in [1.165, 1.54) is 0 Å². The highest BCUT2D eigenvalue weighted by atomic mass is 16.3. The quantitative estimate of drug-likeness (QED) is 0.886. The van der Waals surface area contributed by atoms with Gasteiger partial charge in [0, 0.05) is 6.20 Å². The maximum Gasteiger partial charge on any atom is 0.223 e. The van der Waals surface area contributed by atoms with Crippen LogP contribution in [0.4, 0.5) is 0 Å². The number of aliphatic hydroxyl groups is 1. The number of fused-ring (bicyclic) bond motifs is 1. The molecule has 23 heavy (non-hydrogen) atoms. The molecule has 6 heteroatoms. The van der Waals surface area contributed by atoms with Gasteiger partial charge >= 0.3 is 0 Å². The van der Waals surface area contributed by atoms with Crippen LogP contribution >= 0.6 is 0 Å². The van der Waals surface area contributed by atoms with E-state index in [0.717, 1.165) is 24.3 Å². The zero-order chi connectivity index (χ0) is 16.4. The van der Waals surface area contributed by atoms with E-state index in [2.05, 4.69) is 15.5 Å². The number of amides is 1. The molecule has 0 radical (unpaired) electrons. The van der Waals surface area contributed by atoms with Crippen LogP contribution in [0.5, 0.6) is 0 Å². The molecular formula is C17H24N4O2. The molecule has 1 fully saturated rings. The first-order valence-corrected chi connectivity index (χ1v) is 8.30. The number of pyridine rings is 1. The predicted octanol–water partition coefficient (Wildman–Crippen LogP) is 2.24. The van der Waals surface area contributed by atoms with Crippen LogP contribution in [0.15, 0.2) is 24.4 Å². The molecule has 2 aromatic heterocycles. The number of carbonyl (C=O) groups excluding carboxylic acids is 1. The topological polar surface area (TPSA) is 79.5 Å². The largest absolute Gasteiger partial charge is 0.389 e. The van der Waals surface area contributed by atoms with Gasteiger partial charge in [0.2, 0.25) is 5.91 Å². The molecule has 0 aromatic carbocycles. The highest BCUT2D eigenvalue weighted by Gasteiger charge is 2.34. The Labute approximate surface area is 135 Å². The van der Waals surface area contributed by atoms with E-state index < -0.39 is 5.60 Å². The molecule has 6 nitrogen and oxygen atoms in total. The SMILES string of the molecule is CC(C)C(NC(=O)CC1(O)CCCC1)c1nnc2ccccn12. The van der Waals surface area contributed by atoms with Gasteiger partial charge in [0.15, 0.2) is 11.5 Å². The van der Waals surface area contributed by atoms with Gasteiger partial charge < -0.3 is 10.4 Å². The molecule has 3 rings (SSSR count). The molecular weight excluding hydrogens is 292 g/mol. The first kappa shape index (κ1) is 15.9. The van der Waals surface area contributed by atoms with Gasteiger partial charge in [0.05, 0.1) is 18.1 Å². The number of hydrogen-bond acceptors (Lipinski definition) is 4. The van der Waals surface area contributed by atoms with E-state index in [4.69, 9.17) is 0 Å². The molecule has 1 aliphatic carbocycles. The summed E-state index contributed by atoms with van der Waals surface area (Å²) in [5, 5.41) is 21.9. The molecule has 0 bridgehead atoms. The Kier molecular flexibility index (Phi) is 4.35. The first-order valence-electron chi connectivity index (χ1n) is 8.30. The van der Waals surface area contributed by atoms with E-state index in [-0.39, 0.29) is 24.3 Å². The Bertz CT molecular complexity index is 689. The summed E-state index contributed by atoms with van der Waals surface area (Å²) in [7, 11) is 0. The van der Waals surface area contributed by atoms with E-state index in [0.29, 0.717) is 12.8 Å². The standard InChI is InChI=1S/C17H24N4O2/c1-12(2)15(16-20-19-13-7-3-6-10-21(13)16)18-14(22)11-17(23)8-4-5-9-17/h3,6-7,10,12,15,23H,4-5,8-9,11H2,1-2H3,(H,18,22). The molecule has 2 heterocycles. The van der Waals surface area contributed by atoms with Crippen LogP contribution in [0, 0.1) is 5.92 Å². The van der Waals surface area contributed by atoms with E-state index >= 15 is 0 Å². The monoisotopic (exact) mass is 316 g/mol. The third-order valence-electron chi connectivity index (χ3n) is 4.63. The van der Waals surface area contributed by atoms with Gasteiger partial charge in [-0.3, -0.25) is 9.20 Å². The molecule has 2 N–H and O–H groups in total. The fourth-order valence-corrected chi connectivity index (χ4v) is 3.33. The van der Waals surface area contributed by atoms with Crippen LogP contribution in [-0.2, 0) is 4.79 Å². The number of nitrogens with one attached hydrogen (secondary N) is 1. The molecule has 1 atom stereocenters. The lowest BCUT2D eigenvalue weighted by Gasteiger charge is -2.25. The molecule has 124 valence electrons. The summed E-state index contributed by atoms with van der Waals surface area (Å²) in [6.45, 7) is 4.08. The zero-order valence-electron chi connectivity index (χ0n) is 13.7. The Morgan fingerprint density at radius 3 is 2.78 bits per heavy atom. The lowest BCUT2D eigenvalue weighted by molar-refractivity contribution is -0.127. The molecule has 1 aliphatic rings. The molecule has 1 saturated carbocycles. The minimum Gasteiger partial charge on any atom is -0.389 e. The maximum atomic E-state index is 12.4. The highest BCUT2D eigenvalue weighted by Crippen LogP contribution is 2.32.